The summed E-state index contributed by atoms with van der Waals surface area (Å²) >= 11 is 0. The third-order valence-electron chi connectivity index (χ3n) is 4.41. The van der Waals surface area contributed by atoms with Crippen molar-refractivity contribution in [1.82, 2.24) is 9.97 Å². The number of ketones is 1. The fourth-order valence-corrected chi connectivity index (χ4v) is 3.13. The Labute approximate surface area is 152 Å². The summed E-state index contributed by atoms with van der Waals surface area (Å²) < 4.78 is 0. The van der Waals surface area contributed by atoms with Gasteiger partial charge in [-0.25, -0.2) is 4.98 Å². The van der Waals surface area contributed by atoms with E-state index in [4.69, 9.17) is 0 Å². The fourth-order valence-electron chi connectivity index (χ4n) is 3.13. The normalized spacial score (nSPS) is 13.2. The first-order valence-corrected chi connectivity index (χ1v) is 8.83. The SMILES string of the molecule is O=C1CCCc2nc(NCc3ccccc3)nc(Nc3ccccc3)c21. The van der Waals surface area contributed by atoms with Crippen LogP contribution in [0.4, 0.5) is 17.5 Å². The number of carbonyl (C=O) groups excluding carboxylic acids is 1. The number of para-hydroxylation sites is 1. The number of rotatable bonds is 5. The molecule has 0 amide bonds. The second-order valence-electron chi connectivity index (χ2n) is 6.32. The maximum absolute atomic E-state index is 12.4. The van der Waals surface area contributed by atoms with E-state index >= 15 is 0 Å². The molecule has 26 heavy (non-hydrogen) atoms. The van der Waals surface area contributed by atoms with Gasteiger partial charge in [0.15, 0.2) is 5.78 Å². The molecule has 1 aliphatic carbocycles. The van der Waals surface area contributed by atoms with Gasteiger partial charge >= 0.3 is 0 Å². The number of fused-ring (bicyclic) bond motifs is 1. The number of nitrogens with one attached hydrogen (secondary N) is 2. The van der Waals surface area contributed by atoms with Crippen LogP contribution in [0.3, 0.4) is 0 Å². The molecule has 0 spiro atoms. The van der Waals surface area contributed by atoms with E-state index in [1.165, 1.54) is 0 Å². The van der Waals surface area contributed by atoms with Crippen molar-refractivity contribution >= 4 is 23.2 Å². The molecule has 1 aromatic heterocycles. The maximum Gasteiger partial charge on any atom is 0.225 e. The number of hydrogen-bond donors (Lipinski definition) is 2. The molecule has 3 aromatic rings. The van der Waals surface area contributed by atoms with Gasteiger partial charge in [-0.2, -0.15) is 4.98 Å². The fraction of sp³-hybridized carbons (Fsp3) is 0.190. The molecule has 130 valence electrons. The Morgan fingerprint density at radius 1 is 0.885 bits per heavy atom. The van der Waals surface area contributed by atoms with Crippen molar-refractivity contribution in [3.63, 3.8) is 0 Å². The summed E-state index contributed by atoms with van der Waals surface area (Å²) in [7, 11) is 0. The number of anilines is 3. The molecule has 1 aliphatic rings. The zero-order chi connectivity index (χ0) is 17.8. The van der Waals surface area contributed by atoms with Crippen LogP contribution in [0.15, 0.2) is 60.7 Å². The number of nitrogens with zero attached hydrogens (tertiary/aromatic N) is 2. The molecule has 0 bridgehead atoms. The largest absolute Gasteiger partial charge is 0.350 e. The van der Waals surface area contributed by atoms with E-state index in [0.717, 1.165) is 29.8 Å². The number of Topliss-reactive ketones (excluding diaryl/α,β-unsaturated/α-hetero) is 1. The Hall–Kier alpha value is -3.21. The molecule has 2 N–H and O–H groups in total. The highest BCUT2D eigenvalue weighted by atomic mass is 16.1. The van der Waals surface area contributed by atoms with Crippen molar-refractivity contribution in [2.75, 3.05) is 10.6 Å². The van der Waals surface area contributed by atoms with Crippen LogP contribution in [0.2, 0.25) is 0 Å². The molecule has 4 rings (SSSR count). The number of carbonyl (C=O) groups is 1. The first kappa shape index (κ1) is 16.3. The van der Waals surface area contributed by atoms with Crippen LogP contribution in [-0.2, 0) is 13.0 Å². The van der Waals surface area contributed by atoms with Crippen molar-refractivity contribution in [2.45, 2.75) is 25.8 Å². The molecular weight excluding hydrogens is 324 g/mol. The van der Waals surface area contributed by atoms with Crippen LogP contribution in [0.5, 0.6) is 0 Å². The van der Waals surface area contributed by atoms with Crippen molar-refractivity contribution in [1.29, 1.82) is 0 Å². The van der Waals surface area contributed by atoms with Gasteiger partial charge in [0.25, 0.3) is 0 Å². The smallest absolute Gasteiger partial charge is 0.225 e. The van der Waals surface area contributed by atoms with E-state index in [-0.39, 0.29) is 5.78 Å². The van der Waals surface area contributed by atoms with Crippen molar-refractivity contribution in [2.24, 2.45) is 0 Å². The van der Waals surface area contributed by atoms with Crippen LogP contribution in [0, 0.1) is 0 Å². The Kier molecular flexibility index (Phi) is 4.60. The van der Waals surface area contributed by atoms with Crippen LogP contribution < -0.4 is 10.6 Å². The highest BCUT2D eigenvalue weighted by Crippen LogP contribution is 2.29. The quantitative estimate of drug-likeness (QED) is 0.720. The summed E-state index contributed by atoms with van der Waals surface area (Å²) in [6, 6.07) is 19.9. The van der Waals surface area contributed by atoms with Crippen molar-refractivity contribution in [3.8, 4) is 0 Å². The molecule has 0 unspecified atom stereocenters. The second-order valence-corrected chi connectivity index (χ2v) is 6.32. The summed E-state index contributed by atoms with van der Waals surface area (Å²) in [6.07, 6.45) is 2.19. The Balaban J connectivity index is 1.65. The zero-order valence-corrected chi connectivity index (χ0v) is 14.4. The lowest BCUT2D eigenvalue weighted by Crippen LogP contribution is -2.18. The van der Waals surface area contributed by atoms with Crippen molar-refractivity contribution in [3.05, 3.63) is 77.5 Å². The maximum atomic E-state index is 12.4. The number of aryl methyl sites for hydroxylation is 1. The van der Waals surface area contributed by atoms with E-state index in [1.807, 2.05) is 48.5 Å². The van der Waals surface area contributed by atoms with Gasteiger partial charge < -0.3 is 10.6 Å². The second kappa shape index (κ2) is 7.35. The summed E-state index contributed by atoms with van der Waals surface area (Å²) in [5, 5.41) is 6.57. The van der Waals surface area contributed by atoms with Gasteiger partial charge in [-0.3, -0.25) is 4.79 Å². The van der Waals surface area contributed by atoms with E-state index in [2.05, 4.69) is 32.7 Å². The van der Waals surface area contributed by atoms with Gasteiger partial charge in [-0.05, 0) is 30.5 Å². The predicted molar refractivity (Wildman–Crippen MR) is 103 cm³/mol. The Bertz CT molecular complexity index is 910. The van der Waals surface area contributed by atoms with Crippen LogP contribution >= 0.6 is 0 Å². The number of benzene rings is 2. The monoisotopic (exact) mass is 344 g/mol. The first-order valence-electron chi connectivity index (χ1n) is 8.83. The average molecular weight is 344 g/mol. The van der Waals surface area contributed by atoms with Gasteiger partial charge in [0, 0.05) is 18.7 Å². The third-order valence-corrected chi connectivity index (χ3v) is 4.41. The van der Waals surface area contributed by atoms with Gasteiger partial charge in [-0.15, -0.1) is 0 Å². The molecule has 5 nitrogen and oxygen atoms in total. The Morgan fingerprint density at radius 3 is 2.38 bits per heavy atom. The minimum atomic E-state index is 0.110. The minimum Gasteiger partial charge on any atom is -0.350 e. The molecule has 0 atom stereocenters. The molecule has 0 saturated carbocycles. The first-order chi connectivity index (χ1) is 12.8. The molecule has 0 aliphatic heterocycles. The topological polar surface area (TPSA) is 66.9 Å². The average Bonchev–Trinajstić information content (AvgIpc) is 2.68. The van der Waals surface area contributed by atoms with Crippen LogP contribution in [0.1, 0.15) is 34.5 Å². The number of hydrogen-bond acceptors (Lipinski definition) is 5. The van der Waals surface area contributed by atoms with Gasteiger partial charge in [-0.1, -0.05) is 48.5 Å². The molecule has 1 heterocycles. The number of aromatic nitrogens is 2. The van der Waals surface area contributed by atoms with Crippen LogP contribution in [0.25, 0.3) is 0 Å². The predicted octanol–water partition coefficient (Wildman–Crippen LogP) is 4.35. The summed E-state index contributed by atoms with van der Waals surface area (Å²) in [6.45, 7) is 0.637. The van der Waals surface area contributed by atoms with Gasteiger partial charge in [0.2, 0.25) is 5.95 Å². The lowest BCUT2D eigenvalue weighted by molar-refractivity contribution is 0.0972. The summed E-state index contributed by atoms with van der Waals surface area (Å²) in [4.78, 5) is 21.6. The van der Waals surface area contributed by atoms with E-state index in [0.29, 0.717) is 30.3 Å². The van der Waals surface area contributed by atoms with E-state index in [1.54, 1.807) is 0 Å². The van der Waals surface area contributed by atoms with E-state index in [9.17, 15) is 4.79 Å². The third kappa shape index (κ3) is 3.57. The minimum absolute atomic E-state index is 0.110. The molecule has 2 aromatic carbocycles. The molecule has 5 heteroatoms. The standard InChI is InChI=1S/C21H20N4O/c26-18-13-7-12-17-19(18)20(23-16-10-5-2-6-11-16)25-21(24-17)22-14-15-8-3-1-4-9-15/h1-6,8-11H,7,12-14H2,(H2,22,23,24,25). The van der Waals surface area contributed by atoms with E-state index < -0.39 is 0 Å². The zero-order valence-electron chi connectivity index (χ0n) is 14.4. The molecular formula is C21H20N4O. The summed E-state index contributed by atoms with van der Waals surface area (Å²) in [5.74, 6) is 1.24. The van der Waals surface area contributed by atoms with Crippen LogP contribution in [-0.4, -0.2) is 15.8 Å². The highest BCUT2D eigenvalue weighted by Gasteiger charge is 2.24. The summed E-state index contributed by atoms with van der Waals surface area (Å²) in [5.41, 5.74) is 3.51. The highest BCUT2D eigenvalue weighted by molar-refractivity contribution is 6.03. The van der Waals surface area contributed by atoms with Gasteiger partial charge in [0.1, 0.15) is 5.82 Å². The molecule has 0 radical (unpaired) electrons. The molecule has 0 saturated heterocycles. The lowest BCUT2D eigenvalue weighted by Gasteiger charge is -2.19. The lowest BCUT2D eigenvalue weighted by atomic mass is 9.95. The van der Waals surface area contributed by atoms with Gasteiger partial charge in [0.05, 0.1) is 11.3 Å². The Morgan fingerprint density at radius 2 is 1.62 bits per heavy atom. The van der Waals surface area contributed by atoms with Crippen molar-refractivity contribution < 1.29 is 4.79 Å². The molecule has 0 fully saturated rings.